The molecule has 0 spiro atoms. The number of carbonyl (C=O) groups excluding carboxylic acids is 2. The lowest BCUT2D eigenvalue weighted by Gasteiger charge is -2.35. The second kappa shape index (κ2) is 6.60. The van der Waals surface area contributed by atoms with Crippen molar-refractivity contribution < 1.29 is 24.2 Å². The first-order chi connectivity index (χ1) is 11.4. The van der Waals surface area contributed by atoms with Gasteiger partial charge in [-0.2, -0.15) is 0 Å². The van der Waals surface area contributed by atoms with Gasteiger partial charge in [-0.25, -0.2) is 4.79 Å². The molecule has 2 fully saturated rings. The molecule has 7 heteroatoms. The normalized spacial score (nSPS) is 23.6. The predicted octanol–water partition coefficient (Wildman–Crippen LogP) is 0.893. The number of benzene rings is 1. The quantitative estimate of drug-likeness (QED) is 0.854. The second-order valence-electron chi connectivity index (χ2n) is 6.31. The number of aliphatic carboxylic acids is 1. The summed E-state index contributed by atoms with van der Waals surface area (Å²) in [6.07, 6.45) is 0.679. The van der Waals surface area contributed by atoms with Crippen LogP contribution in [0.4, 0.5) is 0 Å². The zero-order chi connectivity index (χ0) is 17.3. The number of hydrogen-bond acceptors (Lipinski definition) is 4. The maximum atomic E-state index is 12.6. The number of amides is 2. The summed E-state index contributed by atoms with van der Waals surface area (Å²) in [5.41, 5.74) is 0.938. The summed E-state index contributed by atoms with van der Waals surface area (Å²) in [6.45, 7) is 2.09. The minimum absolute atomic E-state index is 0.0163. The van der Waals surface area contributed by atoms with Gasteiger partial charge in [-0.05, 0) is 44.0 Å². The van der Waals surface area contributed by atoms with E-state index in [1.54, 1.807) is 31.2 Å². The molecule has 2 amide bonds. The van der Waals surface area contributed by atoms with E-state index in [4.69, 9.17) is 9.84 Å². The summed E-state index contributed by atoms with van der Waals surface area (Å²) in [4.78, 5) is 37.1. The molecule has 1 aliphatic heterocycles. The fourth-order valence-corrected chi connectivity index (χ4v) is 2.70. The fourth-order valence-electron chi connectivity index (χ4n) is 2.70. The average molecular weight is 332 g/mol. The highest BCUT2D eigenvalue weighted by Crippen LogP contribution is 2.20. The third kappa shape index (κ3) is 3.73. The maximum absolute atomic E-state index is 12.6. The third-order valence-corrected chi connectivity index (χ3v) is 4.13. The summed E-state index contributed by atoms with van der Waals surface area (Å²) in [5.74, 6) is -1.47. The Morgan fingerprint density at radius 3 is 2.33 bits per heavy atom. The van der Waals surface area contributed by atoms with E-state index in [-0.39, 0.29) is 30.5 Å². The molecule has 1 aromatic carbocycles. The molecular weight excluding hydrogens is 312 g/mol. The minimum atomic E-state index is -1.08. The van der Waals surface area contributed by atoms with Gasteiger partial charge in [0.2, 0.25) is 0 Å². The Hall–Kier alpha value is -2.41. The molecule has 1 saturated carbocycles. The SMILES string of the molecule is C[C@@H]1CN(C(=O)c2ccc(C(=O)NC3CC3)cc2)CC(C(=O)O)O1. The first kappa shape index (κ1) is 16.4. The van der Waals surface area contributed by atoms with E-state index >= 15 is 0 Å². The van der Waals surface area contributed by atoms with Crippen molar-refractivity contribution in [1.29, 1.82) is 0 Å². The highest BCUT2D eigenvalue weighted by Gasteiger charge is 2.33. The van der Waals surface area contributed by atoms with Crippen LogP contribution in [0.5, 0.6) is 0 Å². The van der Waals surface area contributed by atoms with E-state index < -0.39 is 12.1 Å². The largest absolute Gasteiger partial charge is 0.479 e. The molecule has 2 aliphatic rings. The van der Waals surface area contributed by atoms with Crippen LogP contribution < -0.4 is 5.32 Å². The zero-order valence-corrected chi connectivity index (χ0v) is 13.4. The molecular formula is C17H20N2O5. The van der Waals surface area contributed by atoms with Gasteiger partial charge >= 0.3 is 5.97 Å². The zero-order valence-electron chi connectivity index (χ0n) is 13.4. The lowest BCUT2D eigenvalue weighted by Crippen LogP contribution is -2.51. The molecule has 1 unspecified atom stereocenters. The number of nitrogens with one attached hydrogen (secondary N) is 1. The first-order valence-electron chi connectivity index (χ1n) is 8.02. The van der Waals surface area contributed by atoms with E-state index in [1.165, 1.54) is 4.90 Å². The van der Waals surface area contributed by atoms with Gasteiger partial charge in [-0.15, -0.1) is 0 Å². The van der Waals surface area contributed by atoms with E-state index in [9.17, 15) is 14.4 Å². The van der Waals surface area contributed by atoms with Crippen LogP contribution in [0.1, 0.15) is 40.5 Å². The Bertz CT molecular complexity index is 653. The van der Waals surface area contributed by atoms with Gasteiger partial charge in [0.1, 0.15) is 0 Å². The molecule has 2 atom stereocenters. The molecule has 3 rings (SSSR count). The van der Waals surface area contributed by atoms with Crippen LogP contribution >= 0.6 is 0 Å². The highest BCUT2D eigenvalue weighted by molar-refractivity contribution is 5.98. The molecule has 1 heterocycles. The molecule has 7 nitrogen and oxygen atoms in total. The smallest absolute Gasteiger partial charge is 0.334 e. The molecule has 0 aromatic heterocycles. The van der Waals surface area contributed by atoms with Crippen LogP contribution in [0, 0.1) is 0 Å². The summed E-state index contributed by atoms with van der Waals surface area (Å²) < 4.78 is 5.31. The number of hydrogen-bond donors (Lipinski definition) is 2. The standard InChI is InChI=1S/C17H20N2O5/c1-10-8-19(9-14(24-10)17(22)23)16(21)12-4-2-11(3-5-12)15(20)18-13-6-7-13/h2-5,10,13-14H,6-9H2,1H3,(H,18,20)(H,22,23)/t10-,14?/m1/s1. The van der Waals surface area contributed by atoms with Crippen LogP contribution in [0.15, 0.2) is 24.3 Å². The van der Waals surface area contributed by atoms with E-state index in [0.29, 0.717) is 17.7 Å². The van der Waals surface area contributed by atoms with Crippen molar-refractivity contribution in [2.45, 2.75) is 38.0 Å². The van der Waals surface area contributed by atoms with Crippen molar-refractivity contribution in [1.82, 2.24) is 10.2 Å². The number of carboxylic acids is 1. The van der Waals surface area contributed by atoms with E-state index in [2.05, 4.69) is 5.32 Å². The predicted molar refractivity (Wildman–Crippen MR) is 84.8 cm³/mol. The first-order valence-corrected chi connectivity index (χ1v) is 8.02. The average Bonchev–Trinajstić information content (AvgIpc) is 3.37. The number of nitrogens with zero attached hydrogens (tertiary/aromatic N) is 1. The summed E-state index contributed by atoms with van der Waals surface area (Å²) >= 11 is 0. The number of rotatable bonds is 4. The molecule has 0 radical (unpaired) electrons. The second-order valence-corrected chi connectivity index (χ2v) is 6.31. The lowest BCUT2D eigenvalue weighted by molar-refractivity contribution is -0.160. The van der Waals surface area contributed by atoms with Crippen LogP contribution in [-0.4, -0.2) is 59.1 Å². The summed E-state index contributed by atoms with van der Waals surface area (Å²) in [6, 6.07) is 6.70. The van der Waals surface area contributed by atoms with Gasteiger partial charge in [-0.3, -0.25) is 9.59 Å². The van der Waals surface area contributed by atoms with Crippen molar-refractivity contribution in [3.05, 3.63) is 35.4 Å². The van der Waals surface area contributed by atoms with Gasteiger partial charge in [-0.1, -0.05) is 0 Å². The third-order valence-electron chi connectivity index (χ3n) is 4.13. The van der Waals surface area contributed by atoms with Crippen LogP contribution in [0.25, 0.3) is 0 Å². The van der Waals surface area contributed by atoms with Gasteiger partial charge in [0.05, 0.1) is 12.6 Å². The van der Waals surface area contributed by atoms with Gasteiger partial charge < -0.3 is 20.1 Å². The van der Waals surface area contributed by atoms with Crippen molar-refractivity contribution in [3.8, 4) is 0 Å². The van der Waals surface area contributed by atoms with Crippen molar-refractivity contribution in [2.75, 3.05) is 13.1 Å². The highest BCUT2D eigenvalue weighted by atomic mass is 16.5. The van der Waals surface area contributed by atoms with Gasteiger partial charge in [0.15, 0.2) is 6.10 Å². The Kier molecular flexibility index (Phi) is 4.53. The number of ether oxygens (including phenoxy) is 1. The van der Waals surface area contributed by atoms with Crippen molar-refractivity contribution >= 4 is 17.8 Å². The van der Waals surface area contributed by atoms with Crippen LogP contribution in [0.2, 0.25) is 0 Å². The Labute approximate surface area is 139 Å². The fraction of sp³-hybridized carbons (Fsp3) is 0.471. The van der Waals surface area contributed by atoms with Gasteiger partial charge in [0, 0.05) is 23.7 Å². The molecule has 1 saturated heterocycles. The summed E-state index contributed by atoms with van der Waals surface area (Å²) in [7, 11) is 0. The lowest BCUT2D eigenvalue weighted by atomic mass is 10.1. The Morgan fingerprint density at radius 2 is 1.75 bits per heavy atom. The Balaban J connectivity index is 1.67. The molecule has 0 bridgehead atoms. The molecule has 2 N–H and O–H groups in total. The van der Waals surface area contributed by atoms with Gasteiger partial charge in [0.25, 0.3) is 11.8 Å². The van der Waals surface area contributed by atoms with E-state index in [0.717, 1.165) is 12.8 Å². The molecule has 128 valence electrons. The maximum Gasteiger partial charge on any atom is 0.334 e. The van der Waals surface area contributed by atoms with Crippen molar-refractivity contribution in [3.63, 3.8) is 0 Å². The number of morpholine rings is 1. The molecule has 1 aliphatic carbocycles. The van der Waals surface area contributed by atoms with E-state index in [1.807, 2.05) is 0 Å². The molecule has 1 aromatic rings. The Morgan fingerprint density at radius 1 is 1.12 bits per heavy atom. The minimum Gasteiger partial charge on any atom is -0.479 e. The molecule has 24 heavy (non-hydrogen) atoms. The summed E-state index contributed by atoms with van der Waals surface area (Å²) in [5, 5.41) is 12.0. The number of carbonyl (C=O) groups is 3. The number of carboxylic acid groups (broad SMARTS) is 1. The topological polar surface area (TPSA) is 95.9 Å². The van der Waals surface area contributed by atoms with Crippen LogP contribution in [0.3, 0.4) is 0 Å². The van der Waals surface area contributed by atoms with Crippen LogP contribution in [-0.2, 0) is 9.53 Å². The monoisotopic (exact) mass is 332 g/mol. The van der Waals surface area contributed by atoms with Crippen molar-refractivity contribution in [2.24, 2.45) is 0 Å².